The quantitative estimate of drug-likeness (QED) is 0.854. The third kappa shape index (κ3) is 5.35. The fourth-order valence-electron chi connectivity index (χ4n) is 1.90. The van der Waals surface area contributed by atoms with Crippen LogP contribution in [0.2, 0.25) is 0 Å². The maximum Gasteiger partial charge on any atom is 0.409 e. The number of nitrogens with zero attached hydrogens (tertiary/aromatic N) is 1. The summed E-state index contributed by atoms with van der Waals surface area (Å²) in [6.07, 6.45) is -3.91. The van der Waals surface area contributed by atoms with Crippen molar-refractivity contribution < 1.29 is 27.5 Å². The first-order valence-corrected chi connectivity index (χ1v) is 6.09. The van der Waals surface area contributed by atoms with Gasteiger partial charge in [0.1, 0.15) is 6.54 Å². The third-order valence-electron chi connectivity index (χ3n) is 2.78. The van der Waals surface area contributed by atoms with E-state index in [1.54, 1.807) is 6.92 Å². The minimum atomic E-state index is -4.43. The van der Waals surface area contributed by atoms with Crippen molar-refractivity contribution in [1.82, 2.24) is 10.2 Å². The molecule has 1 aliphatic heterocycles. The Morgan fingerprint density at radius 1 is 1.42 bits per heavy atom. The Morgan fingerprint density at radius 2 is 2.11 bits per heavy atom. The predicted octanol–water partition coefficient (Wildman–Crippen LogP) is 1.53. The Labute approximate surface area is 109 Å². The molecule has 1 aliphatic rings. The summed E-state index contributed by atoms with van der Waals surface area (Å²) in [6.45, 7) is 1.10. The summed E-state index contributed by atoms with van der Waals surface area (Å²) in [5.74, 6) is -1.29. The molecule has 0 saturated carbocycles. The van der Waals surface area contributed by atoms with Crippen LogP contribution in [0.25, 0.3) is 0 Å². The van der Waals surface area contributed by atoms with Gasteiger partial charge in [0.25, 0.3) is 0 Å². The molecular formula is C11H17F3N2O3. The Balaban J connectivity index is 2.45. The standard InChI is InChI=1S/C11H17F3N2O3/c1-2-19-10(18)16-5-3-4-8(6-16)9(17)15-7-11(12,13)14/h8H,2-7H2,1H3,(H,15,17). The van der Waals surface area contributed by atoms with Crippen molar-refractivity contribution in [2.45, 2.75) is 25.9 Å². The van der Waals surface area contributed by atoms with Gasteiger partial charge in [-0.1, -0.05) is 0 Å². The fraction of sp³-hybridized carbons (Fsp3) is 0.818. The van der Waals surface area contributed by atoms with Gasteiger partial charge in [-0.05, 0) is 19.8 Å². The van der Waals surface area contributed by atoms with E-state index in [0.717, 1.165) is 0 Å². The van der Waals surface area contributed by atoms with Gasteiger partial charge in [0.15, 0.2) is 0 Å². The zero-order valence-electron chi connectivity index (χ0n) is 10.6. The minimum absolute atomic E-state index is 0.0997. The highest BCUT2D eigenvalue weighted by molar-refractivity contribution is 5.80. The first kappa shape index (κ1) is 15.6. The SMILES string of the molecule is CCOC(=O)N1CCCC(C(=O)NCC(F)(F)F)C1. The summed E-state index contributed by atoms with van der Waals surface area (Å²) in [7, 11) is 0. The summed E-state index contributed by atoms with van der Waals surface area (Å²) >= 11 is 0. The van der Waals surface area contributed by atoms with E-state index in [-0.39, 0.29) is 13.2 Å². The number of hydrogen-bond donors (Lipinski definition) is 1. The molecular weight excluding hydrogens is 265 g/mol. The Morgan fingerprint density at radius 3 is 2.68 bits per heavy atom. The summed E-state index contributed by atoms with van der Waals surface area (Å²) in [6, 6.07) is 0. The highest BCUT2D eigenvalue weighted by Gasteiger charge is 2.32. The number of ether oxygens (including phenoxy) is 1. The van der Waals surface area contributed by atoms with Gasteiger partial charge in [0.2, 0.25) is 5.91 Å². The van der Waals surface area contributed by atoms with Crippen molar-refractivity contribution >= 4 is 12.0 Å². The molecule has 5 nitrogen and oxygen atoms in total. The average Bonchev–Trinajstić information content (AvgIpc) is 2.35. The number of carbonyl (C=O) groups excluding carboxylic acids is 2. The third-order valence-corrected chi connectivity index (χ3v) is 2.78. The number of halogens is 3. The van der Waals surface area contributed by atoms with Gasteiger partial charge >= 0.3 is 12.3 Å². The number of nitrogens with one attached hydrogen (secondary N) is 1. The summed E-state index contributed by atoms with van der Waals surface area (Å²) < 4.78 is 40.8. The number of likely N-dealkylation sites (tertiary alicyclic amines) is 1. The van der Waals surface area contributed by atoms with Crippen LogP contribution in [-0.4, -0.2) is 49.3 Å². The largest absolute Gasteiger partial charge is 0.450 e. The fourth-order valence-corrected chi connectivity index (χ4v) is 1.90. The topological polar surface area (TPSA) is 58.6 Å². The van der Waals surface area contributed by atoms with Crippen molar-refractivity contribution in [2.75, 3.05) is 26.2 Å². The molecule has 110 valence electrons. The predicted molar refractivity (Wildman–Crippen MR) is 60.4 cm³/mol. The molecule has 1 rings (SSSR count). The van der Waals surface area contributed by atoms with Gasteiger partial charge < -0.3 is 15.0 Å². The number of amides is 2. The van der Waals surface area contributed by atoms with E-state index in [9.17, 15) is 22.8 Å². The number of carbonyl (C=O) groups is 2. The molecule has 2 amide bonds. The smallest absolute Gasteiger partial charge is 0.409 e. The molecule has 8 heteroatoms. The Bertz CT molecular complexity index is 334. The van der Waals surface area contributed by atoms with Gasteiger partial charge in [-0.15, -0.1) is 0 Å². The molecule has 1 N–H and O–H groups in total. The number of alkyl halides is 3. The van der Waals surface area contributed by atoms with E-state index in [2.05, 4.69) is 0 Å². The molecule has 0 aromatic heterocycles. The van der Waals surface area contributed by atoms with Crippen molar-refractivity contribution in [3.05, 3.63) is 0 Å². The lowest BCUT2D eigenvalue weighted by Gasteiger charge is -2.31. The molecule has 0 aromatic carbocycles. The van der Waals surface area contributed by atoms with Gasteiger partial charge in [-0.2, -0.15) is 13.2 Å². The lowest BCUT2D eigenvalue weighted by molar-refractivity contribution is -0.141. The van der Waals surface area contributed by atoms with Gasteiger partial charge in [0, 0.05) is 13.1 Å². The lowest BCUT2D eigenvalue weighted by Crippen LogP contribution is -2.47. The minimum Gasteiger partial charge on any atom is -0.450 e. The first-order chi connectivity index (χ1) is 8.83. The van der Waals surface area contributed by atoms with Crippen LogP contribution in [0.1, 0.15) is 19.8 Å². The molecule has 1 atom stereocenters. The first-order valence-electron chi connectivity index (χ1n) is 6.09. The van der Waals surface area contributed by atoms with E-state index < -0.39 is 30.6 Å². The van der Waals surface area contributed by atoms with Gasteiger partial charge in [-0.25, -0.2) is 4.79 Å². The molecule has 1 unspecified atom stereocenters. The van der Waals surface area contributed by atoms with Crippen molar-refractivity contribution in [2.24, 2.45) is 5.92 Å². The van der Waals surface area contributed by atoms with E-state index in [0.29, 0.717) is 19.4 Å². The van der Waals surface area contributed by atoms with Crippen LogP contribution in [-0.2, 0) is 9.53 Å². The molecule has 1 saturated heterocycles. The van der Waals surface area contributed by atoms with Crippen LogP contribution in [0.15, 0.2) is 0 Å². The van der Waals surface area contributed by atoms with E-state index in [4.69, 9.17) is 4.74 Å². The van der Waals surface area contributed by atoms with Crippen LogP contribution in [0.4, 0.5) is 18.0 Å². The van der Waals surface area contributed by atoms with E-state index in [1.165, 1.54) is 4.90 Å². The summed E-state index contributed by atoms with van der Waals surface area (Å²) in [4.78, 5) is 24.4. The van der Waals surface area contributed by atoms with E-state index in [1.807, 2.05) is 5.32 Å². The Kier molecular flexibility index (Phi) is 5.44. The molecule has 0 aromatic rings. The molecule has 0 aliphatic carbocycles. The highest BCUT2D eigenvalue weighted by Crippen LogP contribution is 2.18. The maximum absolute atomic E-state index is 12.0. The second-order valence-electron chi connectivity index (χ2n) is 4.32. The number of hydrogen-bond acceptors (Lipinski definition) is 3. The Hall–Kier alpha value is -1.47. The summed E-state index contributed by atoms with van der Waals surface area (Å²) in [5.41, 5.74) is 0. The zero-order chi connectivity index (χ0) is 14.5. The van der Waals surface area contributed by atoms with Crippen LogP contribution in [0.5, 0.6) is 0 Å². The maximum atomic E-state index is 12.0. The van der Waals surface area contributed by atoms with Crippen molar-refractivity contribution in [3.63, 3.8) is 0 Å². The molecule has 1 fully saturated rings. The molecule has 0 radical (unpaired) electrons. The highest BCUT2D eigenvalue weighted by atomic mass is 19.4. The van der Waals surface area contributed by atoms with Crippen molar-refractivity contribution in [1.29, 1.82) is 0 Å². The lowest BCUT2D eigenvalue weighted by atomic mass is 9.97. The van der Waals surface area contributed by atoms with Gasteiger partial charge in [0.05, 0.1) is 12.5 Å². The zero-order valence-corrected chi connectivity index (χ0v) is 10.6. The molecule has 0 bridgehead atoms. The van der Waals surface area contributed by atoms with Gasteiger partial charge in [-0.3, -0.25) is 4.79 Å². The van der Waals surface area contributed by atoms with Crippen LogP contribution in [0.3, 0.4) is 0 Å². The monoisotopic (exact) mass is 282 g/mol. The van der Waals surface area contributed by atoms with Crippen LogP contribution >= 0.6 is 0 Å². The van der Waals surface area contributed by atoms with E-state index >= 15 is 0 Å². The normalized spacial score (nSPS) is 20.0. The molecule has 1 heterocycles. The van der Waals surface area contributed by atoms with Crippen molar-refractivity contribution in [3.8, 4) is 0 Å². The van der Waals surface area contributed by atoms with Crippen LogP contribution in [0, 0.1) is 5.92 Å². The molecule has 0 spiro atoms. The second-order valence-corrected chi connectivity index (χ2v) is 4.32. The second kappa shape index (κ2) is 6.63. The number of rotatable bonds is 3. The number of piperidine rings is 1. The average molecular weight is 282 g/mol. The molecule has 19 heavy (non-hydrogen) atoms. The summed E-state index contributed by atoms with van der Waals surface area (Å²) in [5, 5.41) is 1.84. The van der Waals surface area contributed by atoms with Crippen LogP contribution < -0.4 is 5.32 Å².